The molecular weight excluding hydrogens is 258 g/mol. The first-order chi connectivity index (χ1) is 9.63. The number of esters is 1. The van der Waals surface area contributed by atoms with Gasteiger partial charge in [0.1, 0.15) is 0 Å². The molecule has 1 N–H and O–H groups in total. The molecule has 0 aliphatic heterocycles. The number of terminal acetylenes is 1. The van der Waals surface area contributed by atoms with Crippen LogP contribution in [0.3, 0.4) is 0 Å². The highest BCUT2D eigenvalue weighted by Gasteiger charge is 2.11. The predicted molar refractivity (Wildman–Crippen MR) is 72.8 cm³/mol. The number of rotatable bonds is 7. The van der Waals surface area contributed by atoms with Gasteiger partial charge in [-0.05, 0) is 0 Å². The van der Waals surface area contributed by atoms with Crippen molar-refractivity contribution in [3.05, 3.63) is 35.9 Å². The van der Waals surface area contributed by atoms with Gasteiger partial charge >= 0.3 is 5.97 Å². The Labute approximate surface area is 117 Å². The molecular formula is C15H15NO4. The zero-order valence-corrected chi connectivity index (χ0v) is 10.9. The Morgan fingerprint density at radius 2 is 1.85 bits per heavy atom. The number of amides is 1. The molecule has 0 bridgehead atoms. The average Bonchev–Trinajstić information content (AvgIpc) is 2.49. The van der Waals surface area contributed by atoms with Crippen molar-refractivity contribution in [2.45, 2.75) is 12.8 Å². The van der Waals surface area contributed by atoms with E-state index in [0.717, 1.165) is 0 Å². The minimum Gasteiger partial charge on any atom is -0.456 e. The van der Waals surface area contributed by atoms with Crippen LogP contribution in [0.1, 0.15) is 23.2 Å². The van der Waals surface area contributed by atoms with E-state index in [-0.39, 0.29) is 31.8 Å². The van der Waals surface area contributed by atoms with Gasteiger partial charge in [-0.2, -0.15) is 0 Å². The Morgan fingerprint density at radius 3 is 2.50 bits per heavy atom. The van der Waals surface area contributed by atoms with Gasteiger partial charge in [-0.15, -0.1) is 6.42 Å². The molecule has 0 radical (unpaired) electrons. The molecule has 0 aliphatic rings. The molecule has 1 aromatic carbocycles. The van der Waals surface area contributed by atoms with Crippen molar-refractivity contribution in [2.75, 3.05) is 13.2 Å². The van der Waals surface area contributed by atoms with Crippen LogP contribution in [0.25, 0.3) is 0 Å². The Bertz CT molecular complexity index is 516. The van der Waals surface area contributed by atoms with E-state index in [1.807, 2.05) is 0 Å². The molecule has 0 aliphatic carbocycles. The highest BCUT2D eigenvalue weighted by molar-refractivity contribution is 5.97. The molecule has 104 valence electrons. The molecule has 5 nitrogen and oxygen atoms in total. The third-order valence-electron chi connectivity index (χ3n) is 2.40. The summed E-state index contributed by atoms with van der Waals surface area (Å²) in [6.45, 7) is -0.303. The molecule has 20 heavy (non-hydrogen) atoms. The SMILES string of the molecule is C#CCNC(=O)COC(=O)CCC(=O)c1ccccc1. The van der Waals surface area contributed by atoms with Gasteiger partial charge in [-0.3, -0.25) is 14.4 Å². The highest BCUT2D eigenvalue weighted by Crippen LogP contribution is 2.05. The first-order valence-electron chi connectivity index (χ1n) is 6.07. The number of carbonyl (C=O) groups is 3. The van der Waals surface area contributed by atoms with Crippen molar-refractivity contribution in [2.24, 2.45) is 0 Å². The lowest BCUT2D eigenvalue weighted by atomic mass is 10.1. The van der Waals surface area contributed by atoms with Crippen LogP contribution in [-0.2, 0) is 14.3 Å². The summed E-state index contributed by atoms with van der Waals surface area (Å²) in [6, 6.07) is 8.67. The van der Waals surface area contributed by atoms with Crippen molar-refractivity contribution in [1.29, 1.82) is 0 Å². The molecule has 0 fully saturated rings. The smallest absolute Gasteiger partial charge is 0.306 e. The molecule has 1 amide bonds. The van der Waals surface area contributed by atoms with E-state index in [4.69, 9.17) is 11.2 Å². The lowest BCUT2D eigenvalue weighted by Gasteiger charge is -2.04. The minimum absolute atomic E-state index is 0.0504. The zero-order valence-electron chi connectivity index (χ0n) is 10.9. The Balaban J connectivity index is 2.25. The maximum absolute atomic E-state index is 11.7. The fourth-order valence-corrected chi connectivity index (χ4v) is 1.40. The molecule has 5 heteroatoms. The number of benzene rings is 1. The summed E-state index contributed by atoms with van der Waals surface area (Å²) in [5, 5.41) is 2.36. The standard InChI is InChI=1S/C15H15NO4/c1-2-10-16-14(18)11-20-15(19)9-8-13(17)12-6-4-3-5-7-12/h1,3-7H,8-11H2,(H,16,18). The maximum Gasteiger partial charge on any atom is 0.306 e. The van der Waals surface area contributed by atoms with Crippen LogP contribution in [0.4, 0.5) is 0 Å². The highest BCUT2D eigenvalue weighted by atomic mass is 16.5. The normalized spacial score (nSPS) is 9.35. The van der Waals surface area contributed by atoms with Crippen LogP contribution >= 0.6 is 0 Å². The molecule has 0 unspecified atom stereocenters. The van der Waals surface area contributed by atoms with Crippen molar-refractivity contribution in [3.8, 4) is 12.3 Å². The number of ketones is 1. The second-order valence-corrected chi connectivity index (χ2v) is 3.93. The van der Waals surface area contributed by atoms with E-state index < -0.39 is 11.9 Å². The number of ether oxygens (including phenoxy) is 1. The van der Waals surface area contributed by atoms with E-state index >= 15 is 0 Å². The van der Waals surface area contributed by atoms with Gasteiger partial charge in [0.15, 0.2) is 12.4 Å². The largest absolute Gasteiger partial charge is 0.456 e. The number of hydrogen-bond donors (Lipinski definition) is 1. The minimum atomic E-state index is -0.592. The molecule has 0 spiro atoms. The molecule has 0 aromatic heterocycles. The van der Waals surface area contributed by atoms with Gasteiger partial charge in [-0.25, -0.2) is 0 Å². The van der Waals surface area contributed by atoms with Crippen LogP contribution < -0.4 is 5.32 Å². The lowest BCUT2D eigenvalue weighted by molar-refractivity contribution is -0.148. The van der Waals surface area contributed by atoms with Gasteiger partial charge in [0.2, 0.25) is 0 Å². The van der Waals surface area contributed by atoms with Crippen LogP contribution in [0, 0.1) is 12.3 Å². The summed E-state index contributed by atoms with van der Waals surface area (Å²) in [7, 11) is 0. The van der Waals surface area contributed by atoms with E-state index in [1.54, 1.807) is 30.3 Å². The second kappa shape index (κ2) is 8.48. The van der Waals surface area contributed by atoms with Crippen molar-refractivity contribution in [3.63, 3.8) is 0 Å². The average molecular weight is 273 g/mol. The fourth-order valence-electron chi connectivity index (χ4n) is 1.40. The number of carbonyl (C=O) groups excluding carboxylic acids is 3. The first-order valence-corrected chi connectivity index (χ1v) is 6.07. The van der Waals surface area contributed by atoms with Crippen molar-refractivity contribution >= 4 is 17.7 Å². The fraction of sp³-hybridized carbons (Fsp3) is 0.267. The van der Waals surface area contributed by atoms with E-state index in [2.05, 4.69) is 11.2 Å². The maximum atomic E-state index is 11.7. The van der Waals surface area contributed by atoms with Gasteiger partial charge in [0, 0.05) is 12.0 Å². The Kier molecular flexibility index (Phi) is 6.55. The Hall–Kier alpha value is -2.61. The topological polar surface area (TPSA) is 72.5 Å². The third-order valence-corrected chi connectivity index (χ3v) is 2.40. The van der Waals surface area contributed by atoms with Gasteiger partial charge in [0.05, 0.1) is 13.0 Å². The lowest BCUT2D eigenvalue weighted by Crippen LogP contribution is -2.29. The third kappa shape index (κ3) is 5.83. The zero-order chi connectivity index (χ0) is 14.8. The predicted octanol–water partition coefficient (Wildman–Crippen LogP) is 0.942. The van der Waals surface area contributed by atoms with Crippen LogP contribution in [-0.4, -0.2) is 30.8 Å². The summed E-state index contributed by atoms with van der Waals surface area (Å²) >= 11 is 0. The van der Waals surface area contributed by atoms with Gasteiger partial charge < -0.3 is 10.1 Å². The molecule has 0 saturated carbocycles. The van der Waals surface area contributed by atoms with Gasteiger partial charge in [-0.1, -0.05) is 36.3 Å². The van der Waals surface area contributed by atoms with Crippen molar-refractivity contribution in [1.82, 2.24) is 5.32 Å². The van der Waals surface area contributed by atoms with Crippen LogP contribution in [0.15, 0.2) is 30.3 Å². The quantitative estimate of drug-likeness (QED) is 0.456. The summed E-state index contributed by atoms with van der Waals surface area (Å²) < 4.78 is 4.72. The summed E-state index contributed by atoms with van der Waals surface area (Å²) in [5.41, 5.74) is 0.548. The van der Waals surface area contributed by atoms with Crippen molar-refractivity contribution < 1.29 is 19.1 Å². The summed E-state index contributed by atoms with van der Waals surface area (Å²) in [6.07, 6.45) is 4.95. The number of Topliss-reactive ketones (excluding diaryl/α,β-unsaturated/α-hetero) is 1. The molecule has 0 atom stereocenters. The van der Waals surface area contributed by atoms with E-state index in [1.165, 1.54) is 0 Å². The Morgan fingerprint density at radius 1 is 1.15 bits per heavy atom. The summed E-state index contributed by atoms with van der Waals surface area (Å²) in [5.74, 6) is 1.03. The van der Waals surface area contributed by atoms with E-state index in [0.29, 0.717) is 5.56 Å². The molecule has 1 aromatic rings. The number of hydrogen-bond acceptors (Lipinski definition) is 4. The second-order valence-electron chi connectivity index (χ2n) is 3.93. The number of nitrogens with one attached hydrogen (secondary N) is 1. The molecule has 0 heterocycles. The summed E-state index contributed by atoms with van der Waals surface area (Å²) in [4.78, 5) is 34.2. The van der Waals surface area contributed by atoms with Crippen LogP contribution in [0.2, 0.25) is 0 Å². The first kappa shape index (κ1) is 15.4. The van der Waals surface area contributed by atoms with Crippen LogP contribution in [0.5, 0.6) is 0 Å². The monoisotopic (exact) mass is 273 g/mol. The molecule has 1 rings (SSSR count). The van der Waals surface area contributed by atoms with Gasteiger partial charge in [0.25, 0.3) is 5.91 Å². The van der Waals surface area contributed by atoms with E-state index in [9.17, 15) is 14.4 Å². The molecule has 0 saturated heterocycles.